The summed E-state index contributed by atoms with van der Waals surface area (Å²) in [6, 6.07) is 16.0. The lowest BCUT2D eigenvalue weighted by Crippen LogP contribution is -2.14. The van der Waals surface area contributed by atoms with Crippen molar-refractivity contribution >= 4 is 23.2 Å². The topological polar surface area (TPSA) is 46.9 Å². The molecule has 4 nitrogen and oxygen atoms in total. The number of hydrogen-bond donors (Lipinski definition) is 1. The molecule has 0 spiro atoms. The molecule has 0 aliphatic carbocycles. The van der Waals surface area contributed by atoms with Crippen LogP contribution in [0, 0.1) is 20.8 Å². The molecule has 3 rings (SSSR count). The molecule has 5 heteroatoms. The first-order valence-corrected chi connectivity index (χ1v) is 9.44. The molecule has 0 radical (unpaired) electrons. The number of hydrogen-bond acceptors (Lipinski definition) is 2. The normalized spacial score (nSPS) is 10.8. The molecule has 0 saturated carbocycles. The van der Waals surface area contributed by atoms with Gasteiger partial charge in [0.1, 0.15) is 0 Å². The lowest BCUT2D eigenvalue weighted by molar-refractivity contribution is -0.116. The summed E-state index contributed by atoms with van der Waals surface area (Å²) in [6.07, 6.45) is 1.10. The first kappa shape index (κ1) is 19.2. The standard InChI is InChI=1S/C22H24ClN3O/c1-15-5-4-6-19(13-15)14-26-17(3)22(16(2)25-26)24-21(27)12-9-18-7-10-20(23)11-8-18/h4-8,10-11,13H,9,12,14H2,1-3H3,(H,24,27). The molecule has 0 saturated heterocycles. The molecule has 1 aromatic heterocycles. The van der Waals surface area contributed by atoms with E-state index in [1.165, 1.54) is 11.1 Å². The second-order valence-corrected chi connectivity index (χ2v) is 7.30. The maximum absolute atomic E-state index is 12.4. The number of nitrogens with zero attached hydrogens (tertiary/aromatic N) is 2. The quantitative estimate of drug-likeness (QED) is 0.647. The van der Waals surface area contributed by atoms with Crippen molar-refractivity contribution in [3.63, 3.8) is 0 Å². The van der Waals surface area contributed by atoms with Crippen LogP contribution in [0.4, 0.5) is 5.69 Å². The van der Waals surface area contributed by atoms with Gasteiger partial charge >= 0.3 is 0 Å². The van der Waals surface area contributed by atoms with Crippen LogP contribution in [0.2, 0.25) is 5.02 Å². The molecule has 2 aromatic carbocycles. The molecule has 27 heavy (non-hydrogen) atoms. The van der Waals surface area contributed by atoms with Gasteiger partial charge in [0.2, 0.25) is 5.91 Å². The van der Waals surface area contributed by atoms with Gasteiger partial charge in [-0.05, 0) is 50.5 Å². The number of carbonyl (C=O) groups is 1. The van der Waals surface area contributed by atoms with E-state index in [0.717, 1.165) is 22.6 Å². The van der Waals surface area contributed by atoms with Gasteiger partial charge in [-0.15, -0.1) is 0 Å². The van der Waals surface area contributed by atoms with Gasteiger partial charge in [-0.3, -0.25) is 9.48 Å². The van der Waals surface area contributed by atoms with E-state index < -0.39 is 0 Å². The van der Waals surface area contributed by atoms with E-state index in [4.69, 9.17) is 11.6 Å². The number of rotatable bonds is 6. The van der Waals surface area contributed by atoms with Crippen LogP contribution in [-0.2, 0) is 17.8 Å². The van der Waals surface area contributed by atoms with Gasteiger partial charge in [-0.2, -0.15) is 5.10 Å². The fourth-order valence-electron chi connectivity index (χ4n) is 3.13. The van der Waals surface area contributed by atoms with Gasteiger partial charge in [0.05, 0.1) is 23.6 Å². The van der Waals surface area contributed by atoms with Gasteiger partial charge in [0, 0.05) is 11.4 Å². The highest BCUT2D eigenvalue weighted by atomic mass is 35.5. The van der Waals surface area contributed by atoms with E-state index in [0.29, 0.717) is 24.4 Å². The van der Waals surface area contributed by atoms with Crippen molar-refractivity contribution in [3.05, 3.63) is 81.6 Å². The Bertz CT molecular complexity index is 945. The van der Waals surface area contributed by atoms with Gasteiger partial charge in [0.25, 0.3) is 0 Å². The fraction of sp³-hybridized carbons (Fsp3) is 0.273. The molecule has 0 fully saturated rings. The van der Waals surface area contributed by atoms with Crippen LogP contribution in [-0.4, -0.2) is 15.7 Å². The molecule has 140 valence electrons. The van der Waals surface area contributed by atoms with Crippen molar-refractivity contribution in [2.45, 2.75) is 40.2 Å². The summed E-state index contributed by atoms with van der Waals surface area (Å²) in [6.45, 7) is 6.69. The minimum absolute atomic E-state index is 0.00810. The highest BCUT2D eigenvalue weighted by Crippen LogP contribution is 2.21. The van der Waals surface area contributed by atoms with E-state index in [9.17, 15) is 4.79 Å². The Morgan fingerprint density at radius 1 is 1.07 bits per heavy atom. The maximum atomic E-state index is 12.4. The van der Waals surface area contributed by atoms with Crippen LogP contribution in [0.5, 0.6) is 0 Å². The van der Waals surface area contributed by atoms with Crippen molar-refractivity contribution in [2.75, 3.05) is 5.32 Å². The first-order chi connectivity index (χ1) is 12.9. The Labute approximate surface area is 165 Å². The van der Waals surface area contributed by atoms with E-state index in [-0.39, 0.29) is 5.91 Å². The molecule has 1 N–H and O–H groups in total. The Kier molecular flexibility index (Phi) is 5.97. The zero-order chi connectivity index (χ0) is 19.4. The molecule has 3 aromatic rings. The summed E-state index contributed by atoms with van der Waals surface area (Å²) in [5.74, 6) is -0.00810. The predicted octanol–water partition coefficient (Wildman–Crippen LogP) is 5.08. The molecule has 1 amide bonds. The van der Waals surface area contributed by atoms with Crippen molar-refractivity contribution in [1.29, 1.82) is 0 Å². The third-order valence-electron chi connectivity index (χ3n) is 4.61. The largest absolute Gasteiger partial charge is 0.323 e. The van der Waals surface area contributed by atoms with Gasteiger partial charge < -0.3 is 5.32 Å². The number of anilines is 1. The third kappa shape index (κ3) is 4.98. The van der Waals surface area contributed by atoms with Crippen LogP contribution in [0.15, 0.2) is 48.5 Å². The zero-order valence-electron chi connectivity index (χ0n) is 15.9. The van der Waals surface area contributed by atoms with Crippen molar-refractivity contribution in [3.8, 4) is 0 Å². The van der Waals surface area contributed by atoms with Crippen molar-refractivity contribution < 1.29 is 4.79 Å². The highest BCUT2D eigenvalue weighted by Gasteiger charge is 2.14. The van der Waals surface area contributed by atoms with E-state index in [1.807, 2.05) is 42.8 Å². The second kappa shape index (κ2) is 8.40. The van der Waals surface area contributed by atoms with E-state index >= 15 is 0 Å². The molecule has 0 aliphatic heterocycles. The fourth-order valence-corrected chi connectivity index (χ4v) is 3.25. The molecule has 0 unspecified atom stereocenters. The molecule has 0 aliphatic rings. The summed E-state index contributed by atoms with van der Waals surface area (Å²) in [5.41, 5.74) is 6.13. The van der Waals surface area contributed by atoms with Gasteiger partial charge in [-0.1, -0.05) is 53.6 Å². The molecular formula is C22H24ClN3O. The molecule has 0 atom stereocenters. The number of aromatic nitrogens is 2. The Morgan fingerprint density at radius 3 is 2.52 bits per heavy atom. The Hall–Kier alpha value is -2.59. The highest BCUT2D eigenvalue weighted by molar-refractivity contribution is 6.30. The Balaban J connectivity index is 1.65. The van der Waals surface area contributed by atoms with Crippen LogP contribution in [0.1, 0.15) is 34.5 Å². The lowest BCUT2D eigenvalue weighted by Gasteiger charge is -2.08. The first-order valence-electron chi connectivity index (χ1n) is 9.06. The number of halogens is 1. The van der Waals surface area contributed by atoms with Crippen molar-refractivity contribution in [2.24, 2.45) is 0 Å². The molecule has 1 heterocycles. The smallest absolute Gasteiger partial charge is 0.224 e. The lowest BCUT2D eigenvalue weighted by atomic mass is 10.1. The zero-order valence-corrected chi connectivity index (χ0v) is 16.7. The van der Waals surface area contributed by atoms with Crippen LogP contribution in [0.3, 0.4) is 0 Å². The van der Waals surface area contributed by atoms with E-state index in [2.05, 4.69) is 41.6 Å². The number of aryl methyl sites for hydroxylation is 3. The van der Waals surface area contributed by atoms with Crippen molar-refractivity contribution in [1.82, 2.24) is 9.78 Å². The minimum atomic E-state index is -0.00810. The van der Waals surface area contributed by atoms with Gasteiger partial charge in [0.15, 0.2) is 0 Å². The second-order valence-electron chi connectivity index (χ2n) is 6.87. The Morgan fingerprint density at radius 2 is 1.81 bits per heavy atom. The molecular weight excluding hydrogens is 358 g/mol. The predicted molar refractivity (Wildman–Crippen MR) is 110 cm³/mol. The van der Waals surface area contributed by atoms with Gasteiger partial charge in [-0.25, -0.2) is 0 Å². The number of carbonyl (C=O) groups excluding carboxylic acids is 1. The SMILES string of the molecule is Cc1cccc(Cn2nc(C)c(NC(=O)CCc3ccc(Cl)cc3)c2C)c1. The number of nitrogens with one attached hydrogen (secondary N) is 1. The summed E-state index contributed by atoms with van der Waals surface area (Å²) in [5, 5.41) is 8.34. The summed E-state index contributed by atoms with van der Waals surface area (Å²) in [7, 11) is 0. The average molecular weight is 382 g/mol. The minimum Gasteiger partial charge on any atom is -0.323 e. The van der Waals surface area contributed by atoms with E-state index in [1.54, 1.807) is 0 Å². The monoisotopic (exact) mass is 381 g/mol. The number of amides is 1. The van der Waals surface area contributed by atoms with Crippen LogP contribution < -0.4 is 5.32 Å². The van der Waals surface area contributed by atoms with Crippen LogP contribution in [0.25, 0.3) is 0 Å². The molecule has 0 bridgehead atoms. The maximum Gasteiger partial charge on any atom is 0.224 e. The third-order valence-corrected chi connectivity index (χ3v) is 4.87. The summed E-state index contributed by atoms with van der Waals surface area (Å²) in [4.78, 5) is 12.4. The average Bonchev–Trinajstić information content (AvgIpc) is 2.89. The summed E-state index contributed by atoms with van der Waals surface area (Å²) < 4.78 is 1.94. The van der Waals surface area contributed by atoms with Crippen LogP contribution >= 0.6 is 11.6 Å². The number of benzene rings is 2. The summed E-state index contributed by atoms with van der Waals surface area (Å²) >= 11 is 5.90.